The Morgan fingerprint density at radius 3 is 2.00 bits per heavy atom. The number of carbonyl (C=O) groups excluding carboxylic acids is 5. The minimum atomic E-state index is -1.23. The molecule has 57 heavy (non-hydrogen) atoms. The molecule has 0 unspecified atom stereocenters. The Kier molecular flexibility index (Phi) is 16.4. The molecule has 1 saturated heterocycles. The van der Waals surface area contributed by atoms with Crippen LogP contribution < -0.4 is 20.7 Å². The number of carboxylic acid groups (broad SMARTS) is 1. The molecule has 0 aliphatic carbocycles. The Labute approximate surface area is 333 Å². The van der Waals surface area contributed by atoms with Crippen molar-refractivity contribution in [3.8, 4) is 5.75 Å². The van der Waals surface area contributed by atoms with E-state index in [1.165, 1.54) is 4.90 Å². The second kappa shape index (κ2) is 21.4. The third-order valence-corrected chi connectivity index (χ3v) is 9.16. The molecule has 4 amide bonds. The lowest BCUT2D eigenvalue weighted by Crippen LogP contribution is -2.58. The number of likely N-dealkylation sites (tertiary alicyclic amines) is 1. The summed E-state index contributed by atoms with van der Waals surface area (Å²) in [6.45, 7) is 7.69. The highest BCUT2D eigenvalue weighted by Crippen LogP contribution is 2.21. The Hall–Kier alpha value is -5.92. The van der Waals surface area contributed by atoms with Gasteiger partial charge in [-0.05, 0) is 95.2 Å². The van der Waals surface area contributed by atoms with Crippen LogP contribution in [0.25, 0.3) is 0 Å². The average molecular weight is 787 g/mol. The zero-order valence-electron chi connectivity index (χ0n) is 33.0. The fraction of sp³-hybridized carbons (Fsp3) is 0.442. The Morgan fingerprint density at radius 1 is 0.772 bits per heavy atom. The van der Waals surface area contributed by atoms with Gasteiger partial charge in [-0.3, -0.25) is 14.4 Å². The Balaban J connectivity index is 1.56. The summed E-state index contributed by atoms with van der Waals surface area (Å²) in [6.07, 6.45) is 0.912. The first-order valence-corrected chi connectivity index (χ1v) is 19.4. The number of carboxylic acids is 1. The number of hydrogen-bond donors (Lipinski definition) is 4. The van der Waals surface area contributed by atoms with Gasteiger partial charge in [0.15, 0.2) is 0 Å². The third-order valence-electron chi connectivity index (χ3n) is 9.16. The molecule has 0 bridgehead atoms. The monoisotopic (exact) mass is 786 g/mol. The smallest absolute Gasteiger partial charge is 0.408 e. The van der Waals surface area contributed by atoms with E-state index in [4.69, 9.17) is 14.2 Å². The highest BCUT2D eigenvalue weighted by atomic mass is 16.6. The molecule has 4 N–H and O–H groups in total. The molecule has 4 atom stereocenters. The quantitative estimate of drug-likeness (QED) is 0.0967. The van der Waals surface area contributed by atoms with E-state index in [-0.39, 0.29) is 32.4 Å². The van der Waals surface area contributed by atoms with Crippen LogP contribution in [0.15, 0.2) is 84.9 Å². The number of carbonyl (C=O) groups is 6. The summed E-state index contributed by atoms with van der Waals surface area (Å²) < 4.78 is 16.4. The highest BCUT2D eigenvalue weighted by Gasteiger charge is 2.39. The van der Waals surface area contributed by atoms with Crippen molar-refractivity contribution in [1.82, 2.24) is 20.9 Å². The highest BCUT2D eigenvalue weighted by molar-refractivity contribution is 5.95. The maximum Gasteiger partial charge on any atom is 0.408 e. The number of esters is 1. The lowest BCUT2D eigenvalue weighted by atomic mass is 10.0. The Morgan fingerprint density at radius 2 is 1.37 bits per heavy atom. The standard InChI is InChI=1S/C43H54N4O10/c1-5-55-32-23-21-30(22-24-32)27-34(38(49)45-35(28-29-15-8-6-9-16-29)39(50)47-25-14-20-36(47)40(51)52)44-37(48)33(46-42(54)57-43(2,3)4)19-12-13-26-56-41(53)31-17-10-7-11-18-31/h6-11,15-18,21-24,33-36H,5,12-14,19-20,25-28H2,1-4H3,(H,44,48)(H,45,49)(H,46,54)(H,51,52)/t33-,34+,35-,36+/m0/s1. The van der Waals surface area contributed by atoms with Crippen molar-refractivity contribution in [1.29, 1.82) is 0 Å². The molecule has 14 heteroatoms. The summed E-state index contributed by atoms with van der Waals surface area (Å²) in [5, 5.41) is 18.1. The number of amides is 4. The van der Waals surface area contributed by atoms with Gasteiger partial charge in [-0.25, -0.2) is 14.4 Å². The zero-order valence-corrected chi connectivity index (χ0v) is 33.0. The van der Waals surface area contributed by atoms with Gasteiger partial charge < -0.3 is 40.2 Å². The number of benzene rings is 3. The van der Waals surface area contributed by atoms with Crippen LogP contribution >= 0.6 is 0 Å². The summed E-state index contributed by atoms with van der Waals surface area (Å²) in [4.78, 5) is 81.0. The number of hydrogen-bond acceptors (Lipinski definition) is 9. The van der Waals surface area contributed by atoms with Crippen LogP contribution in [-0.4, -0.2) is 95.3 Å². The number of unbranched alkanes of at least 4 members (excludes halogenated alkanes) is 1. The van der Waals surface area contributed by atoms with E-state index in [9.17, 15) is 33.9 Å². The molecular formula is C43H54N4O10. The minimum Gasteiger partial charge on any atom is -0.494 e. The lowest BCUT2D eigenvalue weighted by molar-refractivity contribution is -0.149. The van der Waals surface area contributed by atoms with E-state index in [1.54, 1.807) is 99.6 Å². The van der Waals surface area contributed by atoms with Crippen LogP contribution in [0.3, 0.4) is 0 Å². The third kappa shape index (κ3) is 14.3. The van der Waals surface area contributed by atoms with Crippen molar-refractivity contribution in [3.63, 3.8) is 0 Å². The minimum absolute atomic E-state index is 0.00624. The zero-order chi connectivity index (χ0) is 41.4. The fourth-order valence-corrected chi connectivity index (χ4v) is 6.41. The molecule has 306 valence electrons. The van der Waals surface area contributed by atoms with E-state index < -0.39 is 65.5 Å². The first kappa shape index (κ1) is 43.8. The van der Waals surface area contributed by atoms with Crippen LogP contribution in [0.5, 0.6) is 5.75 Å². The van der Waals surface area contributed by atoms with Crippen LogP contribution in [0.1, 0.15) is 81.3 Å². The van der Waals surface area contributed by atoms with Crippen molar-refractivity contribution >= 4 is 35.8 Å². The second-order valence-corrected chi connectivity index (χ2v) is 14.8. The number of rotatable bonds is 19. The van der Waals surface area contributed by atoms with Crippen molar-refractivity contribution < 1.29 is 48.1 Å². The summed E-state index contributed by atoms with van der Waals surface area (Å²) in [6, 6.07) is 20.0. The molecule has 0 radical (unpaired) electrons. The first-order valence-electron chi connectivity index (χ1n) is 19.4. The van der Waals surface area contributed by atoms with E-state index in [0.717, 1.165) is 5.56 Å². The fourth-order valence-electron chi connectivity index (χ4n) is 6.41. The molecule has 4 rings (SSSR count). The van der Waals surface area contributed by atoms with Crippen LogP contribution in [0, 0.1) is 0 Å². The van der Waals surface area contributed by atoms with Gasteiger partial charge in [0.2, 0.25) is 17.7 Å². The number of aliphatic carboxylic acids is 1. The predicted octanol–water partition coefficient (Wildman–Crippen LogP) is 4.84. The molecule has 1 aliphatic rings. The van der Waals surface area contributed by atoms with Gasteiger partial charge in [0.05, 0.1) is 18.8 Å². The van der Waals surface area contributed by atoms with Gasteiger partial charge in [0.1, 0.15) is 35.5 Å². The lowest BCUT2D eigenvalue weighted by Gasteiger charge is -2.29. The number of alkyl carbamates (subject to hydrolysis) is 1. The maximum absolute atomic E-state index is 14.3. The molecular weight excluding hydrogens is 732 g/mol. The predicted molar refractivity (Wildman–Crippen MR) is 211 cm³/mol. The summed E-state index contributed by atoms with van der Waals surface area (Å²) in [7, 11) is 0. The molecule has 1 fully saturated rings. The summed E-state index contributed by atoms with van der Waals surface area (Å²) >= 11 is 0. The van der Waals surface area contributed by atoms with Gasteiger partial charge in [0, 0.05) is 19.4 Å². The van der Waals surface area contributed by atoms with Crippen LogP contribution in [0.4, 0.5) is 4.79 Å². The molecule has 3 aromatic carbocycles. The van der Waals surface area contributed by atoms with Crippen molar-refractivity contribution in [2.24, 2.45) is 0 Å². The molecule has 0 spiro atoms. The Bertz CT molecular complexity index is 1800. The molecule has 3 aromatic rings. The molecule has 1 aliphatic heterocycles. The van der Waals surface area contributed by atoms with E-state index in [2.05, 4.69) is 16.0 Å². The van der Waals surface area contributed by atoms with Crippen LogP contribution in [0.2, 0.25) is 0 Å². The van der Waals surface area contributed by atoms with Gasteiger partial charge in [0.25, 0.3) is 0 Å². The van der Waals surface area contributed by atoms with Crippen molar-refractivity contribution in [2.45, 2.75) is 102 Å². The largest absolute Gasteiger partial charge is 0.494 e. The normalized spacial score (nSPS) is 15.4. The molecule has 14 nitrogen and oxygen atoms in total. The van der Waals surface area contributed by atoms with E-state index in [0.29, 0.717) is 49.2 Å². The van der Waals surface area contributed by atoms with Crippen molar-refractivity contribution in [3.05, 3.63) is 102 Å². The molecule has 1 heterocycles. The maximum atomic E-state index is 14.3. The number of nitrogens with zero attached hydrogens (tertiary/aromatic N) is 1. The molecule has 0 saturated carbocycles. The number of ether oxygens (including phenoxy) is 3. The SMILES string of the molecule is CCOc1ccc(C[C@@H](NC(=O)[C@H](CCCCOC(=O)c2ccccc2)NC(=O)OC(C)(C)C)C(=O)N[C@@H](Cc2ccccc2)C(=O)N2CCC[C@@H]2C(=O)O)cc1. The van der Waals surface area contributed by atoms with Gasteiger partial charge >= 0.3 is 18.0 Å². The number of nitrogens with one attached hydrogen (secondary N) is 3. The topological polar surface area (TPSA) is 190 Å². The summed E-state index contributed by atoms with van der Waals surface area (Å²) in [5.74, 6) is -2.88. The van der Waals surface area contributed by atoms with E-state index in [1.807, 2.05) is 13.0 Å². The summed E-state index contributed by atoms with van der Waals surface area (Å²) in [5.41, 5.74) is 0.966. The van der Waals surface area contributed by atoms with Gasteiger partial charge in [-0.15, -0.1) is 0 Å². The van der Waals surface area contributed by atoms with Gasteiger partial charge in [-0.2, -0.15) is 0 Å². The van der Waals surface area contributed by atoms with E-state index >= 15 is 0 Å². The van der Waals surface area contributed by atoms with Crippen molar-refractivity contribution in [2.75, 3.05) is 19.8 Å². The molecule has 0 aromatic heterocycles. The average Bonchev–Trinajstić information content (AvgIpc) is 3.68. The second-order valence-electron chi connectivity index (χ2n) is 14.8. The first-order chi connectivity index (χ1) is 27.2. The van der Waals surface area contributed by atoms with Gasteiger partial charge in [-0.1, -0.05) is 60.7 Å². The van der Waals surface area contributed by atoms with Crippen LogP contribution in [-0.2, 0) is 41.5 Å².